The highest BCUT2D eigenvalue weighted by Crippen LogP contribution is 2.17. The molecule has 0 unspecified atom stereocenters. The van der Waals surface area contributed by atoms with Gasteiger partial charge in [0.25, 0.3) is 0 Å². The molecule has 2 aromatic rings. The first-order chi connectivity index (χ1) is 13.4. The standard InChI is InChI=1S/C20H22ClFN4O2/c1-25-8-9-26(19(27)13-25)12-15-4-7-17(10-18(15)22)24-20(28)23-11-14-2-5-16(21)6-3-14/h2-7,10H,8-9,11-13H2,1H3,(H2,23,24,28). The van der Waals surface area contributed by atoms with Crippen molar-refractivity contribution in [1.29, 1.82) is 0 Å². The number of benzene rings is 2. The predicted molar refractivity (Wildman–Crippen MR) is 107 cm³/mol. The lowest BCUT2D eigenvalue weighted by atomic mass is 10.1. The van der Waals surface area contributed by atoms with Crippen molar-refractivity contribution in [2.75, 3.05) is 32.0 Å². The maximum absolute atomic E-state index is 14.4. The van der Waals surface area contributed by atoms with Crippen LogP contribution in [0.15, 0.2) is 42.5 Å². The third-order valence-electron chi connectivity index (χ3n) is 4.55. The van der Waals surface area contributed by atoms with E-state index in [1.54, 1.807) is 29.2 Å². The quantitative estimate of drug-likeness (QED) is 0.805. The largest absolute Gasteiger partial charge is 0.336 e. The van der Waals surface area contributed by atoms with Crippen LogP contribution in [0.2, 0.25) is 5.02 Å². The van der Waals surface area contributed by atoms with E-state index in [0.717, 1.165) is 12.1 Å². The normalized spacial score (nSPS) is 14.8. The molecule has 28 heavy (non-hydrogen) atoms. The lowest BCUT2D eigenvalue weighted by Crippen LogP contribution is -2.48. The molecular weight excluding hydrogens is 383 g/mol. The van der Waals surface area contributed by atoms with Crippen LogP contribution in [-0.2, 0) is 17.9 Å². The van der Waals surface area contributed by atoms with Gasteiger partial charge in [0.1, 0.15) is 5.82 Å². The van der Waals surface area contributed by atoms with Gasteiger partial charge in [-0.25, -0.2) is 9.18 Å². The molecule has 6 nitrogen and oxygen atoms in total. The van der Waals surface area contributed by atoms with E-state index in [2.05, 4.69) is 10.6 Å². The van der Waals surface area contributed by atoms with Gasteiger partial charge < -0.3 is 15.5 Å². The molecule has 0 spiro atoms. The fourth-order valence-corrected chi connectivity index (χ4v) is 3.04. The van der Waals surface area contributed by atoms with E-state index in [4.69, 9.17) is 11.6 Å². The number of hydrogen-bond acceptors (Lipinski definition) is 3. The summed E-state index contributed by atoms with van der Waals surface area (Å²) in [6, 6.07) is 11.2. The number of carbonyl (C=O) groups is 2. The topological polar surface area (TPSA) is 64.7 Å². The molecule has 3 rings (SSSR count). The van der Waals surface area contributed by atoms with Crippen molar-refractivity contribution in [2.24, 2.45) is 0 Å². The lowest BCUT2D eigenvalue weighted by Gasteiger charge is -2.32. The average molecular weight is 405 g/mol. The Labute approximate surface area is 168 Å². The summed E-state index contributed by atoms with van der Waals surface area (Å²) in [6.45, 7) is 2.23. The Bertz CT molecular complexity index is 860. The second-order valence-electron chi connectivity index (χ2n) is 6.79. The van der Waals surface area contributed by atoms with Crippen LogP contribution in [0.5, 0.6) is 0 Å². The highest BCUT2D eigenvalue weighted by molar-refractivity contribution is 6.30. The van der Waals surface area contributed by atoms with E-state index >= 15 is 0 Å². The van der Waals surface area contributed by atoms with E-state index in [-0.39, 0.29) is 12.5 Å². The van der Waals surface area contributed by atoms with Crippen molar-refractivity contribution in [3.05, 3.63) is 64.4 Å². The van der Waals surface area contributed by atoms with Crippen LogP contribution in [0.4, 0.5) is 14.9 Å². The molecule has 0 bridgehead atoms. The van der Waals surface area contributed by atoms with E-state index in [0.29, 0.717) is 35.9 Å². The molecule has 1 heterocycles. The summed E-state index contributed by atoms with van der Waals surface area (Å²) in [7, 11) is 1.88. The molecule has 1 fully saturated rings. The molecule has 0 radical (unpaired) electrons. The molecule has 0 aliphatic carbocycles. The average Bonchev–Trinajstić information content (AvgIpc) is 2.65. The molecule has 1 saturated heterocycles. The zero-order chi connectivity index (χ0) is 20.1. The SMILES string of the molecule is CN1CCN(Cc2ccc(NC(=O)NCc3ccc(Cl)cc3)cc2F)C(=O)C1. The molecule has 0 saturated carbocycles. The maximum atomic E-state index is 14.4. The molecule has 2 N–H and O–H groups in total. The van der Waals surface area contributed by atoms with E-state index in [9.17, 15) is 14.0 Å². The van der Waals surface area contributed by atoms with E-state index in [1.807, 2.05) is 24.1 Å². The Hall–Kier alpha value is -2.64. The first-order valence-corrected chi connectivity index (χ1v) is 9.32. The fraction of sp³-hybridized carbons (Fsp3) is 0.300. The van der Waals surface area contributed by atoms with Crippen LogP contribution in [0.1, 0.15) is 11.1 Å². The summed E-state index contributed by atoms with van der Waals surface area (Å²) in [5.74, 6) is -0.473. The second kappa shape index (κ2) is 9.03. The molecule has 3 amide bonds. The summed E-state index contributed by atoms with van der Waals surface area (Å²) in [5, 5.41) is 5.94. The first kappa shape index (κ1) is 20.1. The van der Waals surface area contributed by atoms with Crippen LogP contribution in [0, 0.1) is 5.82 Å². The molecule has 2 aromatic carbocycles. The Balaban J connectivity index is 1.54. The number of piperazine rings is 1. The Morgan fingerprint density at radius 1 is 1.18 bits per heavy atom. The van der Waals surface area contributed by atoms with Gasteiger partial charge >= 0.3 is 6.03 Å². The number of carbonyl (C=O) groups excluding carboxylic acids is 2. The highest BCUT2D eigenvalue weighted by atomic mass is 35.5. The number of nitrogens with zero attached hydrogens (tertiary/aromatic N) is 2. The summed E-state index contributed by atoms with van der Waals surface area (Å²) in [4.78, 5) is 27.6. The van der Waals surface area contributed by atoms with Gasteiger partial charge in [0.05, 0.1) is 6.54 Å². The summed E-state index contributed by atoms with van der Waals surface area (Å²) in [5.41, 5.74) is 1.67. The second-order valence-corrected chi connectivity index (χ2v) is 7.23. The number of rotatable bonds is 5. The monoisotopic (exact) mass is 404 g/mol. The Kier molecular flexibility index (Phi) is 6.49. The minimum atomic E-state index is -0.456. The molecular formula is C20H22ClFN4O2. The number of nitrogens with one attached hydrogen (secondary N) is 2. The molecule has 1 aliphatic heterocycles. The third-order valence-corrected chi connectivity index (χ3v) is 4.80. The van der Waals surface area contributed by atoms with Crippen molar-refractivity contribution < 1.29 is 14.0 Å². The first-order valence-electron chi connectivity index (χ1n) is 8.95. The molecule has 148 valence electrons. The Morgan fingerprint density at radius 3 is 2.61 bits per heavy atom. The number of halogens is 2. The van der Waals surface area contributed by atoms with Gasteiger partial charge in [0.15, 0.2) is 0 Å². The summed E-state index contributed by atoms with van der Waals surface area (Å²) >= 11 is 5.83. The molecule has 0 atom stereocenters. The zero-order valence-electron chi connectivity index (χ0n) is 15.5. The fourth-order valence-electron chi connectivity index (χ4n) is 2.91. The van der Waals surface area contributed by atoms with Gasteiger partial charge in [-0.3, -0.25) is 9.69 Å². The predicted octanol–water partition coefficient (Wildman–Crippen LogP) is 3.07. The van der Waals surface area contributed by atoms with Crippen molar-refractivity contribution in [3.8, 4) is 0 Å². The summed E-state index contributed by atoms with van der Waals surface area (Å²) in [6.07, 6.45) is 0. The van der Waals surface area contributed by atoms with Crippen LogP contribution < -0.4 is 10.6 Å². The van der Waals surface area contributed by atoms with Gasteiger partial charge in [-0.2, -0.15) is 0 Å². The van der Waals surface area contributed by atoms with Gasteiger partial charge in [-0.1, -0.05) is 29.8 Å². The smallest absolute Gasteiger partial charge is 0.319 e. The van der Waals surface area contributed by atoms with Crippen molar-refractivity contribution in [2.45, 2.75) is 13.1 Å². The number of amides is 3. The lowest BCUT2D eigenvalue weighted by molar-refractivity contribution is -0.136. The van der Waals surface area contributed by atoms with Gasteiger partial charge in [0, 0.05) is 42.5 Å². The maximum Gasteiger partial charge on any atom is 0.319 e. The van der Waals surface area contributed by atoms with Crippen molar-refractivity contribution in [1.82, 2.24) is 15.1 Å². The molecule has 8 heteroatoms. The van der Waals surface area contributed by atoms with E-state index < -0.39 is 11.8 Å². The van der Waals surface area contributed by atoms with Crippen LogP contribution in [-0.4, -0.2) is 48.4 Å². The number of urea groups is 1. The van der Waals surface area contributed by atoms with Crippen molar-refractivity contribution >= 4 is 29.2 Å². The molecule has 0 aromatic heterocycles. The highest BCUT2D eigenvalue weighted by Gasteiger charge is 2.22. The summed E-state index contributed by atoms with van der Waals surface area (Å²) < 4.78 is 14.4. The number of anilines is 1. The number of likely N-dealkylation sites (N-methyl/N-ethyl adjacent to an activating group) is 1. The van der Waals surface area contributed by atoms with Gasteiger partial charge in [-0.15, -0.1) is 0 Å². The van der Waals surface area contributed by atoms with Crippen molar-refractivity contribution in [3.63, 3.8) is 0 Å². The van der Waals surface area contributed by atoms with E-state index in [1.165, 1.54) is 6.07 Å². The zero-order valence-corrected chi connectivity index (χ0v) is 16.3. The van der Waals surface area contributed by atoms with Gasteiger partial charge in [-0.05, 0) is 36.9 Å². The van der Waals surface area contributed by atoms with Crippen LogP contribution in [0.3, 0.4) is 0 Å². The van der Waals surface area contributed by atoms with Crippen LogP contribution in [0.25, 0.3) is 0 Å². The third kappa shape index (κ3) is 5.43. The minimum absolute atomic E-state index is 0.0167. The van der Waals surface area contributed by atoms with Gasteiger partial charge in [0.2, 0.25) is 5.91 Å². The van der Waals surface area contributed by atoms with Crippen LogP contribution >= 0.6 is 11.6 Å². The Morgan fingerprint density at radius 2 is 1.93 bits per heavy atom. The number of hydrogen-bond donors (Lipinski definition) is 2. The molecule has 1 aliphatic rings. The minimum Gasteiger partial charge on any atom is -0.336 e.